The first-order valence-corrected chi connectivity index (χ1v) is 3.82. The van der Waals surface area contributed by atoms with E-state index in [1.54, 1.807) is 0 Å². The van der Waals surface area contributed by atoms with E-state index >= 15 is 0 Å². The van der Waals surface area contributed by atoms with Crippen molar-refractivity contribution in [2.24, 2.45) is 0 Å². The number of hydrogen-bond acceptors (Lipinski definition) is 2. The lowest BCUT2D eigenvalue weighted by Gasteiger charge is -2.22. The molecule has 0 aliphatic rings. The van der Waals surface area contributed by atoms with E-state index < -0.39 is 6.10 Å². The van der Waals surface area contributed by atoms with Gasteiger partial charge >= 0.3 is 0 Å². The molecule has 0 aromatic rings. The molecular weight excluding hydrogens is 138 g/mol. The summed E-state index contributed by atoms with van der Waals surface area (Å²) in [6, 6.07) is 0. The highest BCUT2D eigenvalue weighted by Crippen LogP contribution is 1.99. The Morgan fingerprint density at radius 1 is 1.55 bits per heavy atom. The minimum absolute atomic E-state index is 0.0512. The highest BCUT2D eigenvalue weighted by Gasteiger charge is 2.10. The quantitative estimate of drug-likeness (QED) is 0.590. The number of nitrogens with one attached hydrogen (secondary N) is 1. The molecule has 0 aliphatic heterocycles. The molecule has 0 saturated carbocycles. The van der Waals surface area contributed by atoms with Crippen LogP contribution in [0.4, 0.5) is 0 Å². The van der Waals surface area contributed by atoms with Gasteiger partial charge in [-0.15, -0.1) is 12.3 Å². The third-order valence-electron chi connectivity index (χ3n) is 1.22. The molecule has 0 spiro atoms. The van der Waals surface area contributed by atoms with Crippen LogP contribution in [0.3, 0.4) is 0 Å². The second-order valence-electron chi connectivity index (χ2n) is 3.69. The van der Waals surface area contributed by atoms with Gasteiger partial charge in [0, 0.05) is 18.5 Å². The molecule has 0 aromatic heterocycles. The number of aliphatic hydroxyl groups is 1. The van der Waals surface area contributed by atoms with Crippen molar-refractivity contribution in [3.05, 3.63) is 0 Å². The van der Waals surface area contributed by atoms with Crippen molar-refractivity contribution >= 4 is 0 Å². The summed E-state index contributed by atoms with van der Waals surface area (Å²) in [5.74, 6) is 2.41. The Kier molecular flexibility index (Phi) is 4.17. The summed E-state index contributed by atoms with van der Waals surface area (Å²) in [5.41, 5.74) is 0.0512. The van der Waals surface area contributed by atoms with Gasteiger partial charge in [-0.05, 0) is 20.8 Å². The fourth-order valence-electron chi connectivity index (χ4n) is 0.632. The number of terminal acetylenes is 1. The molecule has 0 saturated heterocycles. The number of rotatable bonds is 3. The number of β-amino-alcohol motifs (C(OH)–C–C–N with tert-alkyl or cyclic N) is 1. The van der Waals surface area contributed by atoms with Crippen molar-refractivity contribution in [2.75, 3.05) is 6.54 Å². The average molecular weight is 155 g/mol. The summed E-state index contributed by atoms with van der Waals surface area (Å²) in [4.78, 5) is 0. The van der Waals surface area contributed by atoms with Gasteiger partial charge in [0.2, 0.25) is 0 Å². The maximum Gasteiger partial charge on any atom is 0.0773 e. The molecule has 0 aliphatic carbocycles. The SMILES string of the molecule is C#CCC(O)CNC(C)(C)C. The molecule has 0 fully saturated rings. The standard InChI is InChI=1S/C9H17NO/c1-5-6-8(11)7-10-9(2,3)4/h1,8,10-11H,6-7H2,2-4H3. The van der Waals surface area contributed by atoms with Crippen LogP contribution in [0.1, 0.15) is 27.2 Å². The van der Waals surface area contributed by atoms with Crippen molar-refractivity contribution in [2.45, 2.75) is 38.8 Å². The second-order valence-corrected chi connectivity index (χ2v) is 3.69. The molecule has 0 amide bonds. The Hall–Kier alpha value is -0.520. The highest BCUT2D eigenvalue weighted by atomic mass is 16.3. The van der Waals surface area contributed by atoms with Crippen LogP contribution < -0.4 is 5.32 Å². The molecule has 11 heavy (non-hydrogen) atoms. The summed E-state index contributed by atoms with van der Waals surface area (Å²) in [6.45, 7) is 6.72. The Labute approximate surface area is 69.0 Å². The first kappa shape index (κ1) is 10.5. The molecule has 1 atom stereocenters. The van der Waals surface area contributed by atoms with Gasteiger partial charge in [-0.1, -0.05) is 0 Å². The lowest BCUT2D eigenvalue weighted by molar-refractivity contribution is 0.166. The summed E-state index contributed by atoms with van der Waals surface area (Å²) in [5, 5.41) is 12.4. The monoisotopic (exact) mass is 155 g/mol. The summed E-state index contributed by atoms with van der Waals surface area (Å²) >= 11 is 0. The molecule has 0 radical (unpaired) electrons. The lowest BCUT2D eigenvalue weighted by Crippen LogP contribution is -2.40. The van der Waals surface area contributed by atoms with Crippen LogP contribution >= 0.6 is 0 Å². The first-order valence-electron chi connectivity index (χ1n) is 3.82. The second kappa shape index (κ2) is 4.38. The van der Waals surface area contributed by atoms with Crippen molar-refractivity contribution in [3.63, 3.8) is 0 Å². The summed E-state index contributed by atoms with van der Waals surface area (Å²) in [7, 11) is 0. The largest absolute Gasteiger partial charge is 0.391 e. The van der Waals surface area contributed by atoms with Gasteiger partial charge in [-0.3, -0.25) is 0 Å². The van der Waals surface area contributed by atoms with Gasteiger partial charge in [0.25, 0.3) is 0 Å². The van der Waals surface area contributed by atoms with Gasteiger partial charge in [-0.2, -0.15) is 0 Å². The van der Waals surface area contributed by atoms with Crippen LogP contribution in [0.2, 0.25) is 0 Å². The normalized spacial score (nSPS) is 14.1. The third kappa shape index (κ3) is 7.38. The molecule has 2 nitrogen and oxygen atoms in total. The minimum atomic E-state index is -0.417. The highest BCUT2D eigenvalue weighted by molar-refractivity contribution is 4.88. The van der Waals surface area contributed by atoms with Gasteiger partial charge in [0.05, 0.1) is 6.10 Å². The zero-order valence-electron chi connectivity index (χ0n) is 7.52. The summed E-state index contributed by atoms with van der Waals surface area (Å²) < 4.78 is 0. The molecular formula is C9H17NO. The van der Waals surface area contributed by atoms with Crippen LogP contribution in [0.15, 0.2) is 0 Å². The van der Waals surface area contributed by atoms with E-state index in [4.69, 9.17) is 6.42 Å². The first-order chi connectivity index (χ1) is 4.95. The van der Waals surface area contributed by atoms with Crippen molar-refractivity contribution in [3.8, 4) is 12.3 Å². The van der Waals surface area contributed by atoms with Crippen LogP contribution in [-0.4, -0.2) is 23.3 Å². The molecule has 1 unspecified atom stereocenters. The van der Waals surface area contributed by atoms with Crippen LogP contribution in [0.5, 0.6) is 0 Å². The zero-order valence-corrected chi connectivity index (χ0v) is 7.52. The maximum atomic E-state index is 9.21. The van der Waals surface area contributed by atoms with Crippen LogP contribution in [0, 0.1) is 12.3 Å². The fraction of sp³-hybridized carbons (Fsp3) is 0.778. The predicted molar refractivity (Wildman–Crippen MR) is 47.2 cm³/mol. The molecule has 0 rings (SSSR count). The van der Waals surface area contributed by atoms with Gasteiger partial charge in [0.15, 0.2) is 0 Å². The number of aliphatic hydroxyl groups excluding tert-OH is 1. The molecule has 2 N–H and O–H groups in total. The zero-order chi connectivity index (χ0) is 8.91. The van der Waals surface area contributed by atoms with Gasteiger partial charge in [0.1, 0.15) is 0 Å². The van der Waals surface area contributed by atoms with E-state index in [0.717, 1.165) is 0 Å². The predicted octanol–water partition coefficient (Wildman–Crippen LogP) is 0.759. The molecule has 64 valence electrons. The molecule has 0 heterocycles. The van der Waals surface area contributed by atoms with E-state index in [-0.39, 0.29) is 5.54 Å². The van der Waals surface area contributed by atoms with Crippen molar-refractivity contribution in [1.82, 2.24) is 5.32 Å². The van der Waals surface area contributed by atoms with E-state index in [1.807, 2.05) is 0 Å². The van der Waals surface area contributed by atoms with Gasteiger partial charge in [-0.25, -0.2) is 0 Å². The smallest absolute Gasteiger partial charge is 0.0773 e. The Balaban J connectivity index is 3.48. The maximum absolute atomic E-state index is 9.21. The topological polar surface area (TPSA) is 32.3 Å². The van der Waals surface area contributed by atoms with Crippen LogP contribution in [-0.2, 0) is 0 Å². The van der Waals surface area contributed by atoms with Crippen molar-refractivity contribution in [1.29, 1.82) is 0 Å². The van der Waals surface area contributed by atoms with Crippen molar-refractivity contribution < 1.29 is 5.11 Å². The van der Waals surface area contributed by atoms with E-state index in [9.17, 15) is 5.11 Å². The third-order valence-corrected chi connectivity index (χ3v) is 1.22. The molecule has 2 heteroatoms. The van der Waals surface area contributed by atoms with Crippen LogP contribution in [0.25, 0.3) is 0 Å². The fourth-order valence-corrected chi connectivity index (χ4v) is 0.632. The molecule has 0 bridgehead atoms. The van der Waals surface area contributed by atoms with E-state index in [0.29, 0.717) is 13.0 Å². The Bertz CT molecular complexity index is 141. The van der Waals surface area contributed by atoms with Gasteiger partial charge < -0.3 is 10.4 Å². The molecule has 0 aromatic carbocycles. The average Bonchev–Trinajstić information content (AvgIpc) is 1.83. The van der Waals surface area contributed by atoms with E-state index in [1.165, 1.54) is 0 Å². The summed E-state index contributed by atoms with van der Waals surface area (Å²) in [6.07, 6.45) is 5.03. The van der Waals surface area contributed by atoms with E-state index in [2.05, 4.69) is 32.0 Å². The lowest BCUT2D eigenvalue weighted by atomic mass is 10.1. The number of hydrogen-bond donors (Lipinski definition) is 2. The Morgan fingerprint density at radius 3 is 2.45 bits per heavy atom. The Morgan fingerprint density at radius 2 is 2.09 bits per heavy atom. The minimum Gasteiger partial charge on any atom is -0.391 e.